The van der Waals surface area contributed by atoms with Crippen LogP contribution in [0.3, 0.4) is 0 Å². The van der Waals surface area contributed by atoms with Gasteiger partial charge in [-0.2, -0.15) is 0 Å². The fourth-order valence-corrected chi connectivity index (χ4v) is 3.67. The highest BCUT2D eigenvalue weighted by Gasteiger charge is 2.36. The summed E-state index contributed by atoms with van der Waals surface area (Å²) < 4.78 is 6.20. The van der Waals surface area contributed by atoms with Crippen molar-refractivity contribution in [1.29, 1.82) is 0 Å². The van der Waals surface area contributed by atoms with Crippen LogP contribution in [-0.4, -0.2) is 12.6 Å². The highest BCUT2D eigenvalue weighted by atomic mass is 35.5. The average molecular weight is 330 g/mol. The molecular weight excluding hydrogens is 305 g/mol. The standard InChI is InChI=1S/C17H25Cl2NO/c1-17(2,3)12-5-4-11(10-20)16(6-12)21-15-8-13(18)7-14(19)9-15/h7-9,11-12,16H,4-6,10,20H2,1-3H3. The van der Waals surface area contributed by atoms with Crippen LogP contribution in [-0.2, 0) is 0 Å². The van der Waals surface area contributed by atoms with Crippen LogP contribution in [0.5, 0.6) is 5.75 Å². The molecule has 1 aliphatic rings. The van der Waals surface area contributed by atoms with E-state index in [0.717, 1.165) is 18.6 Å². The van der Waals surface area contributed by atoms with E-state index in [0.29, 0.717) is 33.8 Å². The number of hydrogen-bond acceptors (Lipinski definition) is 2. The van der Waals surface area contributed by atoms with E-state index in [1.54, 1.807) is 6.07 Å². The monoisotopic (exact) mass is 329 g/mol. The molecular formula is C17H25Cl2NO. The van der Waals surface area contributed by atoms with Crippen LogP contribution in [0.4, 0.5) is 0 Å². The minimum absolute atomic E-state index is 0.141. The summed E-state index contributed by atoms with van der Waals surface area (Å²) in [4.78, 5) is 0. The molecule has 1 aromatic rings. The predicted octanol–water partition coefficient (Wildman–Crippen LogP) is 5.16. The second kappa shape index (κ2) is 6.76. The SMILES string of the molecule is CC(C)(C)C1CCC(CN)C(Oc2cc(Cl)cc(Cl)c2)C1. The van der Waals surface area contributed by atoms with Crippen LogP contribution in [0, 0.1) is 17.3 Å². The molecule has 0 heterocycles. The Morgan fingerprint density at radius 3 is 2.29 bits per heavy atom. The molecule has 118 valence electrons. The van der Waals surface area contributed by atoms with Crippen LogP contribution in [0.1, 0.15) is 40.0 Å². The zero-order valence-corrected chi connectivity index (χ0v) is 14.5. The molecule has 3 unspecified atom stereocenters. The van der Waals surface area contributed by atoms with E-state index in [4.69, 9.17) is 33.7 Å². The Bertz CT molecular complexity index is 464. The molecule has 3 atom stereocenters. The number of ether oxygens (including phenoxy) is 1. The number of halogens is 2. The third kappa shape index (κ3) is 4.51. The molecule has 0 saturated heterocycles. The summed E-state index contributed by atoms with van der Waals surface area (Å²) in [5.74, 6) is 1.80. The van der Waals surface area contributed by atoms with E-state index in [1.165, 1.54) is 6.42 Å². The molecule has 1 fully saturated rings. The Labute approximate surface area is 137 Å². The molecule has 1 saturated carbocycles. The lowest BCUT2D eigenvalue weighted by Crippen LogP contribution is -2.41. The fourth-order valence-electron chi connectivity index (χ4n) is 3.16. The van der Waals surface area contributed by atoms with Crippen molar-refractivity contribution in [1.82, 2.24) is 0 Å². The molecule has 0 radical (unpaired) electrons. The van der Waals surface area contributed by atoms with Crippen molar-refractivity contribution in [3.05, 3.63) is 28.2 Å². The maximum Gasteiger partial charge on any atom is 0.122 e. The van der Waals surface area contributed by atoms with Crippen molar-refractivity contribution in [2.24, 2.45) is 23.0 Å². The summed E-state index contributed by atoms with van der Waals surface area (Å²) in [6.45, 7) is 7.56. The molecule has 21 heavy (non-hydrogen) atoms. The first-order valence-electron chi connectivity index (χ1n) is 7.62. The van der Waals surface area contributed by atoms with Gasteiger partial charge in [0.2, 0.25) is 0 Å². The maximum atomic E-state index is 6.20. The van der Waals surface area contributed by atoms with Crippen LogP contribution < -0.4 is 10.5 Å². The number of benzene rings is 1. The fraction of sp³-hybridized carbons (Fsp3) is 0.647. The van der Waals surface area contributed by atoms with Crippen LogP contribution in [0.2, 0.25) is 10.0 Å². The smallest absolute Gasteiger partial charge is 0.122 e. The summed E-state index contributed by atoms with van der Waals surface area (Å²) >= 11 is 12.1. The molecule has 2 rings (SSSR count). The molecule has 0 amide bonds. The van der Waals surface area contributed by atoms with Gasteiger partial charge in [0.1, 0.15) is 11.9 Å². The zero-order valence-electron chi connectivity index (χ0n) is 13.0. The summed E-state index contributed by atoms with van der Waals surface area (Å²) in [6.07, 6.45) is 3.52. The van der Waals surface area contributed by atoms with Crippen molar-refractivity contribution >= 4 is 23.2 Å². The minimum atomic E-state index is 0.141. The van der Waals surface area contributed by atoms with E-state index in [9.17, 15) is 0 Å². The largest absolute Gasteiger partial charge is 0.490 e. The van der Waals surface area contributed by atoms with Gasteiger partial charge in [-0.3, -0.25) is 0 Å². The minimum Gasteiger partial charge on any atom is -0.490 e. The van der Waals surface area contributed by atoms with Gasteiger partial charge in [-0.15, -0.1) is 0 Å². The Morgan fingerprint density at radius 1 is 1.14 bits per heavy atom. The topological polar surface area (TPSA) is 35.2 Å². The Kier molecular flexibility index (Phi) is 5.45. The van der Waals surface area contributed by atoms with E-state index in [1.807, 2.05) is 12.1 Å². The van der Waals surface area contributed by atoms with Crippen molar-refractivity contribution in [3.8, 4) is 5.75 Å². The molecule has 0 bridgehead atoms. The lowest BCUT2D eigenvalue weighted by Gasteiger charge is -2.41. The molecule has 2 N–H and O–H groups in total. The Balaban J connectivity index is 2.14. The summed E-state index contributed by atoms with van der Waals surface area (Å²) in [7, 11) is 0. The van der Waals surface area contributed by atoms with Gasteiger partial charge in [0.15, 0.2) is 0 Å². The zero-order chi connectivity index (χ0) is 15.6. The van der Waals surface area contributed by atoms with Gasteiger partial charge < -0.3 is 10.5 Å². The third-order valence-corrected chi connectivity index (χ3v) is 5.02. The van der Waals surface area contributed by atoms with Gasteiger partial charge in [0, 0.05) is 16.0 Å². The Hall–Kier alpha value is -0.440. The van der Waals surface area contributed by atoms with Gasteiger partial charge >= 0.3 is 0 Å². The number of hydrogen-bond donors (Lipinski definition) is 1. The lowest BCUT2D eigenvalue weighted by atomic mass is 9.68. The first-order chi connectivity index (χ1) is 9.79. The lowest BCUT2D eigenvalue weighted by molar-refractivity contribution is 0.0331. The summed E-state index contributed by atoms with van der Waals surface area (Å²) in [5.41, 5.74) is 6.23. The molecule has 4 heteroatoms. The number of rotatable bonds is 3. The first-order valence-corrected chi connectivity index (χ1v) is 8.38. The molecule has 1 aromatic carbocycles. The van der Waals surface area contributed by atoms with Crippen molar-refractivity contribution in [2.45, 2.75) is 46.1 Å². The van der Waals surface area contributed by atoms with E-state index >= 15 is 0 Å². The van der Waals surface area contributed by atoms with Crippen molar-refractivity contribution < 1.29 is 4.74 Å². The average Bonchev–Trinajstić information content (AvgIpc) is 2.36. The normalized spacial score (nSPS) is 26.7. The van der Waals surface area contributed by atoms with Crippen LogP contribution in [0.25, 0.3) is 0 Å². The first kappa shape index (κ1) is 16.9. The highest BCUT2D eigenvalue weighted by Crippen LogP contribution is 2.41. The van der Waals surface area contributed by atoms with Crippen LogP contribution >= 0.6 is 23.2 Å². The molecule has 2 nitrogen and oxygen atoms in total. The van der Waals surface area contributed by atoms with Crippen LogP contribution in [0.15, 0.2) is 18.2 Å². The third-order valence-electron chi connectivity index (χ3n) is 4.58. The maximum absolute atomic E-state index is 6.20. The quantitative estimate of drug-likeness (QED) is 0.830. The second-order valence-corrected chi connectivity index (χ2v) is 8.01. The Morgan fingerprint density at radius 2 is 1.76 bits per heavy atom. The van der Waals surface area contributed by atoms with Gasteiger partial charge in [-0.25, -0.2) is 0 Å². The van der Waals surface area contributed by atoms with E-state index < -0.39 is 0 Å². The predicted molar refractivity (Wildman–Crippen MR) is 90.2 cm³/mol. The van der Waals surface area contributed by atoms with Crippen molar-refractivity contribution in [2.75, 3.05) is 6.54 Å². The van der Waals surface area contributed by atoms with Crippen molar-refractivity contribution in [3.63, 3.8) is 0 Å². The number of nitrogens with two attached hydrogens (primary N) is 1. The van der Waals surface area contributed by atoms with Gasteiger partial charge in [-0.1, -0.05) is 44.0 Å². The second-order valence-electron chi connectivity index (χ2n) is 7.13. The van der Waals surface area contributed by atoms with E-state index in [-0.39, 0.29) is 6.10 Å². The molecule has 0 spiro atoms. The summed E-state index contributed by atoms with van der Waals surface area (Å²) in [6, 6.07) is 5.36. The molecule has 1 aliphatic carbocycles. The highest BCUT2D eigenvalue weighted by molar-refractivity contribution is 6.34. The molecule has 0 aromatic heterocycles. The van der Waals surface area contributed by atoms with Gasteiger partial charge in [0.05, 0.1) is 0 Å². The van der Waals surface area contributed by atoms with Gasteiger partial charge in [0.25, 0.3) is 0 Å². The summed E-state index contributed by atoms with van der Waals surface area (Å²) in [5, 5.41) is 1.20. The van der Waals surface area contributed by atoms with E-state index in [2.05, 4.69) is 20.8 Å². The van der Waals surface area contributed by atoms with Gasteiger partial charge in [-0.05, 0) is 55.3 Å². The molecule has 0 aliphatic heterocycles.